The molecule has 0 atom stereocenters. The Morgan fingerprint density at radius 1 is 0.906 bits per heavy atom. The van der Waals surface area contributed by atoms with Gasteiger partial charge < -0.3 is 19.5 Å². The molecule has 0 fully saturated rings. The molecule has 9 heteroatoms. The first-order valence-corrected chi connectivity index (χ1v) is 11.1. The van der Waals surface area contributed by atoms with Crippen LogP contribution < -0.4 is 24.2 Å². The molecule has 0 aliphatic rings. The number of hydrogen-bond acceptors (Lipinski definition) is 6. The molecule has 3 aromatic rings. The maximum Gasteiger partial charge on any atom is 0.262 e. The summed E-state index contributed by atoms with van der Waals surface area (Å²) in [6.07, 6.45) is 0. The molecule has 32 heavy (non-hydrogen) atoms. The number of sulfonamides is 1. The third-order valence-corrected chi connectivity index (χ3v) is 5.90. The van der Waals surface area contributed by atoms with Crippen molar-refractivity contribution in [3.05, 3.63) is 72.3 Å². The van der Waals surface area contributed by atoms with E-state index in [2.05, 4.69) is 10.0 Å². The number of methoxy groups -OCH3 is 2. The second kappa shape index (κ2) is 10.1. The zero-order valence-corrected chi connectivity index (χ0v) is 18.7. The highest BCUT2D eigenvalue weighted by molar-refractivity contribution is 7.92. The summed E-state index contributed by atoms with van der Waals surface area (Å²) in [4.78, 5) is 12.4. The lowest BCUT2D eigenvalue weighted by Crippen LogP contribution is -2.21. The molecule has 0 saturated heterocycles. The Bertz CT molecular complexity index is 1200. The van der Waals surface area contributed by atoms with Gasteiger partial charge >= 0.3 is 0 Å². The van der Waals surface area contributed by atoms with Crippen LogP contribution in [0.2, 0.25) is 0 Å². The number of carbonyl (C=O) groups is 1. The predicted octanol–water partition coefficient (Wildman–Crippen LogP) is 3.83. The lowest BCUT2D eigenvalue weighted by Gasteiger charge is -2.14. The normalized spacial score (nSPS) is 10.8. The van der Waals surface area contributed by atoms with Gasteiger partial charge in [-0.2, -0.15) is 0 Å². The molecule has 8 nitrogen and oxygen atoms in total. The van der Waals surface area contributed by atoms with E-state index in [0.717, 1.165) is 0 Å². The molecule has 0 bridgehead atoms. The number of anilines is 2. The Hall–Kier alpha value is -3.72. The molecule has 0 unspecified atom stereocenters. The molecule has 2 N–H and O–H groups in total. The SMILES string of the molecule is COc1ccc(NC(=O)COc2ccc(S(=O)(=O)Nc3ccccc3)cc2C)c(OC)c1. The molecule has 0 radical (unpaired) electrons. The highest BCUT2D eigenvalue weighted by Crippen LogP contribution is 2.29. The Kier molecular flexibility index (Phi) is 7.21. The van der Waals surface area contributed by atoms with Crippen molar-refractivity contribution in [3.63, 3.8) is 0 Å². The van der Waals surface area contributed by atoms with Crippen molar-refractivity contribution < 1.29 is 27.4 Å². The van der Waals surface area contributed by atoms with E-state index in [0.29, 0.717) is 34.2 Å². The monoisotopic (exact) mass is 456 g/mol. The van der Waals surface area contributed by atoms with Crippen LogP contribution in [0, 0.1) is 6.92 Å². The topological polar surface area (TPSA) is 103 Å². The second-order valence-electron chi connectivity index (χ2n) is 6.80. The summed E-state index contributed by atoms with van der Waals surface area (Å²) in [5.74, 6) is 1.06. The molecule has 3 rings (SSSR count). The number of nitrogens with one attached hydrogen (secondary N) is 2. The Morgan fingerprint density at radius 3 is 2.31 bits per heavy atom. The van der Waals surface area contributed by atoms with Crippen molar-refractivity contribution >= 4 is 27.3 Å². The number of rotatable bonds is 9. The molecule has 168 valence electrons. The minimum atomic E-state index is -3.75. The minimum Gasteiger partial charge on any atom is -0.497 e. The standard InChI is InChI=1S/C23H24N2O6S/c1-16-13-19(32(27,28)25-17-7-5-4-6-8-17)10-12-21(16)31-15-23(26)24-20-11-9-18(29-2)14-22(20)30-3/h4-14,25H,15H2,1-3H3,(H,24,26). The molecule has 0 spiro atoms. The van der Waals surface area contributed by atoms with Gasteiger partial charge in [-0.25, -0.2) is 8.42 Å². The number of benzene rings is 3. The zero-order chi connectivity index (χ0) is 23.1. The molecular formula is C23H24N2O6S. The van der Waals surface area contributed by atoms with Crippen LogP contribution in [0.5, 0.6) is 17.2 Å². The third-order valence-electron chi connectivity index (χ3n) is 4.52. The summed E-state index contributed by atoms with van der Waals surface area (Å²) in [5.41, 5.74) is 1.53. The number of para-hydroxylation sites is 1. The van der Waals surface area contributed by atoms with Gasteiger partial charge in [0.15, 0.2) is 6.61 Å². The summed E-state index contributed by atoms with van der Waals surface area (Å²) in [6.45, 7) is 1.45. The van der Waals surface area contributed by atoms with Gasteiger partial charge in [-0.3, -0.25) is 9.52 Å². The van der Waals surface area contributed by atoms with E-state index in [1.165, 1.54) is 32.4 Å². The van der Waals surface area contributed by atoms with Crippen LogP contribution in [0.4, 0.5) is 11.4 Å². The highest BCUT2D eigenvalue weighted by Gasteiger charge is 2.16. The average Bonchev–Trinajstić information content (AvgIpc) is 2.78. The number of amides is 1. The molecule has 0 aromatic heterocycles. The summed E-state index contributed by atoms with van der Waals surface area (Å²) in [7, 11) is -0.715. The van der Waals surface area contributed by atoms with Gasteiger partial charge in [0, 0.05) is 11.8 Å². The molecule has 0 aliphatic heterocycles. The lowest BCUT2D eigenvalue weighted by molar-refractivity contribution is -0.118. The van der Waals surface area contributed by atoms with Crippen LogP contribution in [0.25, 0.3) is 0 Å². The number of carbonyl (C=O) groups excluding carboxylic acids is 1. The molecule has 0 saturated carbocycles. The van der Waals surface area contributed by atoms with E-state index in [-0.39, 0.29) is 11.5 Å². The predicted molar refractivity (Wildman–Crippen MR) is 122 cm³/mol. The average molecular weight is 457 g/mol. The van der Waals surface area contributed by atoms with E-state index in [9.17, 15) is 13.2 Å². The van der Waals surface area contributed by atoms with Crippen molar-refractivity contribution in [2.45, 2.75) is 11.8 Å². The van der Waals surface area contributed by atoms with E-state index >= 15 is 0 Å². The van der Waals surface area contributed by atoms with E-state index < -0.39 is 15.9 Å². The van der Waals surface area contributed by atoms with E-state index in [4.69, 9.17) is 14.2 Å². The molecular weight excluding hydrogens is 432 g/mol. The van der Waals surface area contributed by atoms with Gasteiger partial charge in [-0.05, 0) is 55.0 Å². The van der Waals surface area contributed by atoms with Gasteiger partial charge in [0.25, 0.3) is 15.9 Å². The molecule has 3 aromatic carbocycles. The van der Waals surface area contributed by atoms with Crippen LogP contribution in [0.3, 0.4) is 0 Å². The number of ether oxygens (including phenoxy) is 3. The third kappa shape index (κ3) is 5.70. The van der Waals surface area contributed by atoms with E-state index in [1.54, 1.807) is 55.5 Å². The zero-order valence-electron chi connectivity index (χ0n) is 17.9. The maximum atomic E-state index is 12.6. The summed E-state index contributed by atoms with van der Waals surface area (Å²) >= 11 is 0. The van der Waals surface area contributed by atoms with Crippen molar-refractivity contribution in [2.24, 2.45) is 0 Å². The number of aryl methyl sites for hydroxylation is 1. The largest absolute Gasteiger partial charge is 0.497 e. The van der Waals surface area contributed by atoms with Gasteiger partial charge in [-0.1, -0.05) is 18.2 Å². The van der Waals surface area contributed by atoms with Crippen molar-refractivity contribution in [2.75, 3.05) is 30.9 Å². The van der Waals surface area contributed by atoms with Crippen LogP contribution in [-0.4, -0.2) is 35.2 Å². The van der Waals surface area contributed by atoms with Crippen molar-refractivity contribution in [1.29, 1.82) is 0 Å². The fourth-order valence-electron chi connectivity index (χ4n) is 2.90. The highest BCUT2D eigenvalue weighted by atomic mass is 32.2. The second-order valence-corrected chi connectivity index (χ2v) is 8.48. The Morgan fingerprint density at radius 2 is 1.66 bits per heavy atom. The molecule has 0 aliphatic carbocycles. The molecule has 0 heterocycles. The number of hydrogen-bond donors (Lipinski definition) is 2. The van der Waals surface area contributed by atoms with Gasteiger partial charge in [-0.15, -0.1) is 0 Å². The van der Waals surface area contributed by atoms with Gasteiger partial charge in [0.2, 0.25) is 0 Å². The Labute approximate surface area is 187 Å². The fraction of sp³-hybridized carbons (Fsp3) is 0.174. The van der Waals surface area contributed by atoms with Gasteiger partial charge in [0.05, 0.1) is 24.8 Å². The maximum absolute atomic E-state index is 12.6. The minimum absolute atomic E-state index is 0.0959. The first kappa shape index (κ1) is 23.0. The summed E-state index contributed by atoms with van der Waals surface area (Å²) < 4.78 is 43.7. The van der Waals surface area contributed by atoms with Gasteiger partial charge in [0.1, 0.15) is 17.2 Å². The smallest absolute Gasteiger partial charge is 0.262 e. The summed E-state index contributed by atoms with van der Waals surface area (Å²) in [5, 5.41) is 2.72. The first-order chi connectivity index (χ1) is 15.3. The fourth-order valence-corrected chi connectivity index (χ4v) is 4.05. The van der Waals surface area contributed by atoms with Crippen LogP contribution in [0.1, 0.15) is 5.56 Å². The quantitative estimate of drug-likeness (QED) is 0.507. The molecule has 1 amide bonds. The first-order valence-electron chi connectivity index (χ1n) is 9.65. The lowest BCUT2D eigenvalue weighted by atomic mass is 10.2. The van der Waals surface area contributed by atoms with Crippen molar-refractivity contribution in [3.8, 4) is 17.2 Å². The van der Waals surface area contributed by atoms with Crippen molar-refractivity contribution in [1.82, 2.24) is 0 Å². The Balaban J connectivity index is 1.64. The van der Waals surface area contributed by atoms with Crippen LogP contribution >= 0.6 is 0 Å². The van der Waals surface area contributed by atoms with Crippen LogP contribution in [-0.2, 0) is 14.8 Å². The summed E-state index contributed by atoms with van der Waals surface area (Å²) in [6, 6.07) is 18.1. The van der Waals surface area contributed by atoms with Crippen LogP contribution in [0.15, 0.2) is 71.6 Å². The van der Waals surface area contributed by atoms with E-state index in [1.807, 2.05) is 0 Å².